The van der Waals surface area contributed by atoms with Crippen molar-refractivity contribution < 1.29 is 46.1 Å². The number of sulfonamides is 1. The molecule has 0 spiro atoms. The molecule has 0 unspecified atom stereocenters. The van der Waals surface area contributed by atoms with Crippen molar-refractivity contribution in [3.63, 3.8) is 0 Å². The topological polar surface area (TPSA) is 263 Å². The summed E-state index contributed by atoms with van der Waals surface area (Å²) in [5, 5.41) is 30.9. The van der Waals surface area contributed by atoms with Crippen LogP contribution < -0.4 is 26.4 Å². The molecule has 3 rings (SSSR count). The first-order chi connectivity index (χ1) is 19.8. The number of anilines is 1. The first-order valence-corrected chi connectivity index (χ1v) is 13.0. The van der Waals surface area contributed by atoms with E-state index in [1.165, 1.54) is 37.7 Å². The number of carbonyl (C=O) groups is 2. The maximum absolute atomic E-state index is 13.4. The van der Waals surface area contributed by atoms with Crippen molar-refractivity contribution in [3.05, 3.63) is 60.4 Å². The normalized spacial score (nSPS) is 10.7. The van der Waals surface area contributed by atoms with Gasteiger partial charge in [0.15, 0.2) is 5.96 Å². The van der Waals surface area contributed by atoms with Gasteiger partial charge in [0.2, 0.25) is 16.0 Å². The number of hydrogen-bond acceptors (Lipinski definition) is 8. The number of rotatable bonds is 8. The number of nitrogens with zero attached hydrogens (tertiary/aromatic N) is 3. The molecule has 0 saturated heterocycles. The van der Waals surface area contributed by atoms with Crippen LogP contribution in [-0.2, 0) is 26.2 Å². The third-order valence-electron chi connectivity index (χ3n) is 4.86. The van der Waals surface area contributed by atoms with Crippen LogP contribution in [0.15, 0.2) is 59.8 Å². The van der Waals surface area contributed by atoms with Crippen LogP contribution in [-0.4, -0.2) is 71.6 Å². The Bertz CT molecular complexity index is 1590. The largest absolute Gasteiger partial charge is 0.496 e. The number of hydrogen-bond donors (Lipinski definition) is 7. The lowest BCUT2D eigenvalue weighted by Crippen LogP contribution is -2.35. The average Bonchev–Trinajstić information content (AvgIpc) is 2.91. The van der Waals surface area contributed by atoms with Crippen molar-refractivity contribution >= 4 is 74.5 Å². The van der Waals surface area contributed by atoms with Crippen molar-refractivity contribution in [1.82, 2.24) is 9.29 Å². The Labute approximate surface area is 259 Å². The predicted octanol–water partition coefficient (Wildman–Crippen LogP) is 2.27. The summed E-state index contributed by atoms with van der Waals surface area (Å²) in [5.41, 5.74) is 15.2. The van der Waals surface area contributed by atoms with E-state index in [-0.39, 0.29) is 29.8 Å². The SMILES string of the molecule is COc1ccccc1CN(CC(=O)O)S(=O)(=O)c1ccc2c(N(Cl)C(=N)N)cncc2c1.Cl.N=C(N)N.O=C(O)C(F)(F)F. The lowest BCUT2D eigenvalue weighted by Gasteiger charge is -2.22. The molecular formula is C23H27Cl2F3N8O7S. The third kappa shape index (κ3) is 11.6. The number of nitrogens with two attached hydrogens (primary N) is 3. The van der Waals surface area contributed by atoms with Gasteiger partial charge in [-0.3, -0.25) is 20.6 Å². The molecule has 242 valence electrons. The number of fused-ring (bicyclic) bond motifs is 1. The molecule has 44 heavy (non-hydrogen) atoms. The van der Waals surface area contributed by atoms with Gasteiger partial charge in [0, 0.05) is 40.9 Å². The number of carboxylic acid groups (broad SMARTS) is 2. The summed E-state index contributed by atoms with van der Waals surface area (Å²) >= 11 is 6.02. The van der Waals surface area contributed by atoms with E-state index in [9.17, 15) is 31.5 Å². The minimum atomic E-state index is -5.08. The molecule has 0 saturated carbocycles. The van der Waals surface area contributed by atoms with Crippen molar-refractivity contribution in [1.29, 1.82) is 10.8 Å². The number of carboxylic acids is 2. The number of para-hydroxylation sites is 1. The molecule has 3 aromatic rings. The third-order valence-corrected chi connectivity index (χ3v) is 7.02. The second kappa shape index (κ2) is 16.9. The summed E-state index contributed by atoms with van der Waals surface area (Å²) < 4.78 is 65.5. The molecular weight excluding hydrogens is 660 g/mol. The van der Waals surface area contributed by atoms with E-state index in [2.05, 4.69) is 16.5 Å². The lowest BCUT2D eigenvalue weighted by molar-refractivity contribution is -0.192. The number of benzene rings is 2. The van der Waals surface area contributed by atoms with Crippen LogP contribution in [0, 0.1) is 10.8 Å². The van der Waals surface area contributed by atoms with E-state index < -0.39 is 40.6 Å². The Balaban J connectivity index is 0.00000132. The van der Waals surface area contributed by atoms with Crippen molar-refractivity contribution in [3.8, 4) is 5.75 Å². The molecule has 0 amide bonds. The molecule has 0 fully saturated rings. The molecule has 1 aromatic heterocycles. The first kappa shape index (κ1) is 39.4. The number of guanidine groups is 2. The van der Waals surface area contributed by atoms with Crippen LogP contribution in [0.3, 0.4) is 0 Å². The van der Waals surface area contributed by atoms with Gasteiger partial charge < -0.3 is 32.2 Å². The highest BCUT2D eigenvalue weighted by molar-refractivity contribution is 7.89. The van der Waals surface area contributed by atoms with Crippen molar-refractivity contribution in [2.45, 2.75) is 17.6 Å². The molecule has 10 N–H and O–H groups in total. The maximum atomic E-state index is 13.4. The molecule has 1 heterocycles. The van der Waals surface area contributed by atoms with Crippen LogP contribution in [0.5, 0.6) is 5.75 Å². The fraction of sp³-hybridized carbons (Fsp3) is 0.174. The predicted molar refractivity (Wildman–Crippen MR) is 157 cm³/mol. The summed E-state index contributed by atoms with van der Waals surface area (Å²) in [5.74, 6) is -4.38. The number of aliphatic carboxylic acids is 2. The molecule has 0 aliphatic carbocycles. The summed E-state index contributed by atoms with van der Waals surface area (Å²) in [4.78, 5) is 24.2. The zero-order chi connectivity index (χ0) is 33.1. The lowest BCUT2D eigenvalue weighted by atomic mass is 10.1. The molecule has 2 aromatic carbocycles. The number of methoxy groups -OCH3 is 1. The number of pyridine rings is 1. The standard InChI is InChI=1S/C20H20ClN5O5S.C2HF3O2.CH5N3.ClH/c1-31-18-5-3-2-4-13(18)11-25(12-19(27)28)32(29,30)15-6-7-16-14(8-15)9-24-10-17(16)26(21)20(22)23;3-2(4,5)1(6)7;2-1(3)4;/h2-10H,11-12H2,1H3,(H3,22,23)(H,27,28);(H,6,7);(H5,2,3,4);1H. The van der Waals surface area contributed by atoms with Crippen molar-refractivity contribution in [2.24, 2.45) is 17.2 Å². The monoisotopic (exact) mass is 686 g/mol. The van der Waals surface area contributed by atoms with Crippen LogP contribution in [0.25, 0.3) is 10.8 Å². The number of alkyl halides is 3. The molecule has 0 aliphatic rings. The highest BCUT2D eigenvalue weighted by Gasteiger charge is 2.38. The second-order valence-corrected chi connectivity index (χ2v) is 10.2. The van der Waals surface area contributed by atoms with Gasteiger partial charge >= 0.3 is 18.1 Å². The van der Waals surface area contributed by atoms with Gasteiger partial charge in [-0.05, 0) is 18.2 Å². The van der Waals surface area contributed by atoms with E-state index in [0.29, 0.717) is 27.8 Å². The van der Waals surface area contributed by atoms with E-state index in [4.69, 9.17) is 43.0 Å². The zero-order valence-corrected chi connectivity index (χ0v) is 24.8. The zero-order valence-electron chi connectivity index (χ0n) is 22.4. The van der Waals surface area contributed by atoms with Crippen LogP contribution in [0.2, 0.25) is 0 Å². The number of aromatic nitrogens is 1. The van der Waals surface area contributed by atoms with Crippen molar-refractivity contribution in [2.75, 3.05) is 18.1 Å². The molecule has 21 heteroatoms. The van der Waals surface area contributed by atoms with Gasteiger partial charge in [-0.2, -0.15) is 17.5 Å². The fourth-order valence-electron chi connectivity index (χ4n) is 3.13. The van der Waals surface area contributed by atoms with E-state index in [1.54, 1.807) is 24.3 Å². The minimum absolute atomic E-state index is 0. The van der Waals surface area contributed by atoms with Crippen LogP contribution >= 0.6 is 24.2 Å². The molecule has 0 bridgehead atoms. The maximum Gasteiger partial charge on any atom is 0.490 e. The Hall–Kier alpha value is -4.59. The van der Waals surface area contributed by atoms with E-state index in [1.807, 2.05) is 0 Å². The van der Waals surface area contributed by atoms with Crippen LogP contribution in [0.1, 0.15) is 5.56 Å². The van der Waals surface area contributed by atoms with Crippen LogP contribution in [0.4, 0.5) is 18.9 Å². The van der Waals surface area contributed by atoms with Gasteiger partial charge in [-0.15, -0.1) is 12.4 Å². The van der Waals surface area contributed by atoms with Gasteiger partial charge in [0.1, 0.15) is 12.3 Å². The number of ether oxygens (including phenoxy) is 1. The first-order valence-electron chi connectivity index (χ1n) is 11.2. The fourth-order valence-corrected chi connectivity index (χ4v) is 4.67. The second-order valence-electron chi connectivity index (χ2n) is 7.94. The number of halogens is 5. The highest BCUT2D eigenvalue weighted by Crippen LogP contribution is 2.30. The van der Waals surface area contributed by atoms with E-state index >= 15 is 0 Å². The Morgan fingerprint density at radius 1 is 1.07 bits per heavy atom. The quantitative estimate of drug-likeness (QED) is 0.102. The molecule has 0 atom stereocenters. The Kier molecular flexibility index (Phi) is 15.1. The Morgan fingerprint density at radius 2 is 1.61 bits per heavy atom. The van der Waals surface area contributed by atoms with E-state index in [0.717, 1.165) is 8.72 Å². The average molecular weight is 687 g/mol. The smallest absolute Gasteiger partial charge is 0.490 e. The molecule has 0 radical (unpaired) electrons. The minimum Gasteiger partial charge on any atom is -0.496 e. The molecule has 15 nitrogen and oxygen atoms in total. The van der Waals surface area contributed by atoms with Gasteiger partial charge in [0.25, 0.3) is 0 Å². The van der Waals surface area contributed by atoms with Gasteiger partial charge in [-0.1, -0.05) is 24.3 Å². The van der Waals surface area contributed by atoms with Gasteiger partial charge in [-0.25, -0.2) is 17.6 Å². The van der Waals surface area contributed by atoms with Gasteiger partial charge in [0.05, 0.1) is 23.9 Å². The summed E-state index contributed by atoms with van der Waals surface area (Å²) in [7, 11) is -2.76. The highest BCUT2D eigenvalue weighted by atomic mass is 35.5. The summed E-state index contributed by atoms with van der Waals surface area (Å²) in [6, 6.07) is 11.0. The summed E-state index contributed by atoms with van der Waals surface area (Å²) in [6.45, 7) is -0.939. The molecule has 0 aliphatic heterocycles. The summed E-state index contributed by atoms with van der Waals surface area (Å²) in [6.07, 6.45) is -2.26. The Morgan fingerprint density at radius 3 is 2.09 bits per heavy atom. The number of nitrogens with one attached hydrogen (secondary N) is 2.